The maximum atomic E-state index is 6.28. The van der Waals surface area contributed by atoms with Gasteiger partial charge in [0.05, 0.1) is 28.6 Å². The molecule has 1 fully saturated rings. The molecule has 0 amide bonds. The SMILES string of the molecule is CC(Cl)c1nc2ccccc2n1C1CCOC1C. The average Bonchev–Trinajstić information content (AvgIpc) is 2.92. The third-order valence-corrected chi connectivity index (χ3v) is 3.84. The van der Waals surface area contributed by atoms with Crippen LogP contribution < -0.4 is 0 Å². The van der Waals surface area contributed by atoms with Crippen molar-refractivity contribution < 1.29 is 4.74 Å². The van der Waals surface area contributed by atoms with Gasteiger partial charge in [0.15, 0.2) is 0 Å². The number of benzene rings is 1. The Morgan fingerprint density at radius 2 is 2.22 bits per heavy atom. The Bertz CT molecular complexity index is 564. The monoisotopic (exact) mass is 264 g/mol. The molecule has 3 nitrogen and oxygen atoms in total. The quantitative estimate of drug-likeness (QED) is 0.774. The largest absolute Gasteiger partial charge is 0.376 e. The number of hydrogen-bond donors (Lipinski definition) is 0. The summed E-state index contributed by atoms with van der Waals surface area (Å²) in [4.78, 5) is 4.67. The molecular weight excluding hydrogens is 248 g/mol. The van der Waals surface area contributed by atoms with E-state index in [-0.39, 0.29) is 11.5 Å². The number of halogens is 1. The first kappa shape index (κ1) is 12.0. The lowest BCUT2D eigenvalue weighted by molar-refractivity contribution is 0.108. The number of aromatic nitrogens is 2. The van der Waals surface area contributed by atoms with E-state index in [1.54, 1.807) is 0 Å². The molecular formula is C14H17ClN2O. The number of ether oxygens (including phenoxy) is 1. The molecule has 0 radical (unpaired) electrons. The lowest BCUT2D eigenvalue weighted by Crippen LogP contribution is -2.19. The second-order valence-electron chi connectivity index (χ2n) is 4.88. The smallest absolute Gasteiger partial charge is 0.128 e. The third-order valence-electron chi connectivity index (χ3n) is 3.65. The molecule has 18 heavy (non-hydrogen) atoms. The van der Waals surface area contributed by atoms with Crippen molar-refractivity contribution in [2.45, 2.75) is 37.8 Å². The van der Waals surface area contributed by atoms with E-state index in [0.717, 1.165) is 29.9 Å². The first-order valence-electron chi connectivity index (χ1n) is 6.41. The zero-order valence-electron chi connectivity index (χ0n) is 10.6. The van der Waals surface area contributed by atoms with Crippen LogP contribution >= 0.6 is 11.6 Å². The molecule has 1 aromatic heterocycles. The number of rotatable bonds is 2. The predicted octanol–water partition coefficient (Wildman–Crippen LogP) is 3.69. The van der Waals surface area contributed by atoms with Crippen LogP contribution in [0.3, 0.4) is 0 Å². The highest BCUT2D eigenvalue weighted by Crippen LogP contribution is 2.34. The van der Waals surface area contributed by atoms with Crippen LogP contribution in [0.15, 0.2) is 24.3 Å². The van der Waals surface area contributed by atoms with E-state index >= 15 is 0 Å². The molecule has 0 spiro atoms. The number of nitrogens with zero attached hydrogens (tertiary/aromatic N) is 2. The van der Waals surface area contributed by atoms with Crippen LogP contribution in [0.25, 0.3) is 11.0 Å². The van der Waals surface area contributed by atoms with Gasteiger partial charge in [-0.1, -0.05) is 12.1 Å². The zero-order valence-corrected chi connectivity index (χ0v) is 11.4. The van der Waals surface area contributed by atoms with Crippen LogP contribution in [0.2, 0.25) is 0 Å². The van der Waals surface area contributed by atoms with Crippen LogP contribution in [0.1, 0.15) is 37.5 Å². The summed E-state index contributed by atoms with van der Waals surface area (Å²) in [6.45, 7) is 4.91. The Hall–Kier alpha value is -1.06. The van der Waals surface area contributed by atoms with Crippen molar-refractivity contribution in [1.29, 1.82) is 0 Å². The van der Waals surface area contributed by atoms with Crippen LogP contribution in [-0.2, 0) is 4.74 Å². The minimum atomic E-state index is -0.0924. The van der Waals surface area contributed by atoms with Gasteiger partial charge in [-0.25, -0.2) is 4.98 Å². The predicted molar refractivity (Wildman–Crippen MR) is 73.1 cm³/mol. The van der Waals surface area contributed by atoms with Gasteiger partial charge >= 0.3 is 0 Å². The van der Waals surface area contributed by atoms with Gasteiger partial charge in [0, 0.05) is 6.61 Å². The van der Waals surface area contributed by atoms with Crippen LogP contribution in [0, 0.1) is 0 Å². The molecule has 1 aromatic carbocycles. The van der Waals surface area contributed by atoms with Crippen molar-refractivity contribution in [2.24, 2.45) is 0 Å². The highest BCUT2D eigenvalue weighted by atomic mass is 35.5. The van der Waals surface area contributed by atoms with E-state index < -0.39 is 0 Å². The minimum Gasteiger partial charge on any atom is -0.376 e. The second kappa shape index (κ2) is 4.56. The van der Waals surface area contributed by atoms with E-state index in [1.165, 1.54) is 0 Å². The Balaban J connectivity index is 2.21. The van der Waals surface area contributed by atoms with Crippen LogP contribution in [0.5, 0.6) is 0 Å². The average molecular weight is 265 g/mol. The summed E-state index contributed by atoms with van der Waals surface area (Å²) in [5.41, 5.74) is 2.17. The lowest BCUT2D eigenvalue weighted by atomic mass is 10.1. The van der Waals surface area contributed by atoms with E-state index in [4.69, 9.17) is 16.3 Å². The third kappa shape index (κ3) is 1.82. The molecule has 0 saturated carbocycles. The molecule has 4 heteroatoms. The number of hydrogen-bond acceptors (Lipinski definition) is 2. The van der Waals surface area contributed by atoms with Gasteiger partial charge in [0.2, 0.25) is 0 Å². The lowest BCUT2D eigenvalue weighted by Gasteiger charge is -2.20. The summed E-state index contributed by atoms with van der Waals surface area (Å²) in [5, 5.41) is -0.0924. The number of alkyl halides is 1. The van der Waals surface area contributed by atoms with Crippen molar-refractivity contribution in [3.05, 3.63) is 30.1 Å². The van der Waals surface area contributed by atoms with Gasteiger partial charge in [0.25, 0.3) is 0 Å². The Morgan fingerprint density at radius 3 is 2.89 bits per heavy atom. The van der Waals surface area contributed by atoms with E-state index in [2.05, 4.69) is 22.5 Å². The molecule has 96 valence electrons. The molecule has 2 heterocycles. The summed E-state index contributed by atoms with van der Waals surface area (Å²) in [6.07, 6.45) is 1.25. The Kier molecular flexibility index (Phi) is 3.04. The van der Waals surface area contributed by atoms with Gasteiger partial charge in [-0.05, 0) is 32.4 Å². The van der Waals surface area contributed by atoms with Gasteiger partial charge < -0.3 is 9.30 Å². The normalized spacial score (nSPS) is 25.7. The van der Waals surface area contributed by atoms with Gasteiger partial charge in [-0.3, -0.25) is 0 Å². The minimum absolute atomic E-state index is 0.0924. The van der Waals surface area contributed by atoms with Crippen molar-refractivity contribution in [1.82, 2.24) is 9.55 Å². The fourth-order valence-corrected chi connectivity index (χ4v) is 2.91. The Morgan fingerprint density at radius 1 is 1.44 bits per heavy atom. The molecule has 1 aliphatic rings. The van der Waals surface area contributed by atoms with Gasteiger partial charge in [0.1, 0.15) is 5.82 Å². The fraction of sp³-hybridized carbons (Fsp3) is 0.500. The number of para-hydroxylation sites is 2. The van der Waals surface area contributed by atoms with Crippen LogP contribution in [0.4, 0.5) is 0 Å². The standard InChI is InChI=1S/C14H17ClN2O/c1-9(15)14-16-11-5-3-4-6-13(11)17(14)12-7-8-18-10(12)2/h3-6,9-10,12H,7-8H2,1-2H3. The van der Waals surface area contributed by atoms with Gasteiger partial charge in [-0.15, -0.1) is 11.6 Å². The molecule has 3 atom stereocenters. The van der Waals surface area contributed by atoms with Crippen molar-refractivity contribution >= 4 is 22.6 Å². The molecule has 0 aliphatic carbocycles. The summed E-state index contributed by atoms with van der Waals surface area (Å²) < 4.78 is 7.95. The van der Waals surface area contributed by atoms with Crippen LogP contribution in [-0.4, -0.2) is 22.3 Å². The van der Waals surface area contributed by atoms with E-state index in [9.17, 15) is 0 Å². The Labute approximate surface area is 112 Å². The van der Waals surface area contributed by atoms with Crippen molar-refractivity contribution in [3.8, 4) is 0 Å². The summed E-state index contributed by atoms with van der Waals surface area (Å²) in [5.74, 6) is 0.945. The van der Waals surface area contributed by atoms with Crippen molar-refractivity contribution in [3.63, 3.8) is 0 Å². The van der Waals surface area contributed by atoms with E-state index in [0.29, 0.717) is 6.04 Å². The maximum Gasteiger partial charge on any atom is 0.128 e. The molecule has 3 unspecified atom stereocenters. The summed E-state index contributed by atoms with van der Waals surface area (Å²) >= 11 is 6.28. The number of fused-ring (bicyclic) bond motifs is 1. The highest BCUT2D eigenvalue weighted by Gasteiger charge is 2.30. The first-order chi connectivity index (χ1) is 8.68. The second-order valence-corrected chi connectivity index (χ2v) is 5.53. The highest BCUT2D eigenvalue weighted by molar-refractivity contribution is 6.20. The fourth-order valence-electron chi connectivity index (χ4n) is 2.75. The molecule has 2 aromatic rings. The molecule has 0 bridgehead atoms. The molecule has 1 saturated heterocycles. The molecule has 3 rings (SSSR count). The topological polar surface area (TPSA) is 27.1 Å². The molecule has 1 aliphatic heterocycles. The van der Waals surface area contributed by atoms with E-state index in [1.807, 2.05) is 25.1 Å². The van der Waals surface area contributed by atoms with Crippen molar-refractivity contribution in [2.75, 3.05) is 6.61 Å². The summed E-state index contributed by atoms with van der Waals surface area (Å²) in [7, 11) is 0. The first-order valence-corrected chi connectivity index (χ1v) is 6.84. The molecule has 0 N–H and O–H groups in total. The zero-order chi connectivity index (χ0) is 12.7. The maximum absolute atomic E-state index is 6.28. The van der Waals surface area contributed by atoms with Gasteiger partial charge in [-0.2, -0.15) is 0 Å². The number of imidazole rings is 1. The summed E-state index contributed by atoms with van der Waals surface area (Å²) in [6, 6.07) is 8.54.